The molecule has 0 spiro atoms. The van der Waals surface area contributed by atoms with Crippen LogP contribution >= 0.6 is 22.9 Å². The zero-order chi connectivity index (χ0) is 22.9. The van der Waals surface area contributed by atoms with Gasteiger partial charge in [0.25, 0.3) is 10.0 Å². The molecular weight excluding hydrogens is 472 g/mol. The van der Waals surface area contributed by atoms with E-state index in [4.69, 9.17) is 11.6 Å². The third kappa shape index (κ3) is 4.54. The van der Waals surface area contributed by atoms with Crippen molar-refractivity contribution in [1.29, 1.82) is 5.26 Å². The number of aryl methyl sites for hydroxylation is 1. The number of carbonyl (C=O) groups excluding carboxylic acids is 1. The molecule has 0 aromatic carbocycles. The first kappa shape index (κ1) is 22.8. The molecule has 1 aliphatic rings. The number of nitrogens with one attached hydrogen (secondary N) is 1. The third-order valence-electron chi connectivity index (χ3n) is 5.73. The highest BCUT2D eigenvalue weighted by Crippen LogP contribution is 2.26. The number of thiazole rings is 1. The third-order valence-corrected chi connectivity index (χ3v) is 8.35. The van der Waals surface area contributed by atoms with E-state index in [0.717, 1.165) is 12.8 Å². The van der Waals surface area contributed by atoms with Gasteiger partial charge in [0.15, 0.2) is 15.1 Å². The molecule has 170 valence electrons. The first-order valence-electron chi connectivity index (χ1n) is 10.3. The van der Waals surface area contributed by atoms with Crippen molar-refractivity contribution in [1.82, 2.24) is 23.6 Å². The number of nitriles is 1. The van der Waals surface area contributed by atoms with Gasteiger partial charge < -0.3 is 9.47 Å². The van der Waals surface area contributed by atoms with E-state index in [-0.39, 0.29) is 22.5 Å². The predicted molar refractivity (Wildman–Crippen MR) is 121 cm³/mol. The summed E-state index contributed by atoms with van der Waals surface area (Å²) in [6.07, 6.45) is 5.27. The summed E-state index contributed by atoms with van der Waals surface area (Å²) in [5.74, 6) is 0.262. The summed E-state index contributed by atoms with van der Waals surface area (Å²) >= 11 is 7.40. The van der Waals surface area contributed by atoms with Crippen LogP contribution in [0, 0.1) is 17.2 Å². The summed E-state index contributed by atoms with van der Waals surface area (Å²) in [6.45, 7) is 3.64. The molecule has 0 bridgehead atoms. The van der Waals surface area contributed by atoms with Crippen molar-refractivity contribution in [3.05, 3.63) is 40.8 Å². The Morgan fingerprint density at radius 2 is 2.16 bits per heavy atom. The Morgan fingerprint density at radius 1 is 1.41 bits per heavy atom. The predicted octanol–water partition coefficient (Wildman–Crippen LogP) is 2.72. The molecule has 12 heteroatoms. The normalized spacial score (nSPS) is 16.3. The molecule has 1 aliphatic heterocycles. The quantitative estimate of drug-likeness (QED) is 0.542. The van der Waals surface area contributed by atoms with Crippen LogP contribution in [-0.4, -0.2) is 52.3 Å². The highest BCUT2D eigenvalue weighted by atomic mass is 35.5. The summed E-state index contributed by atoms with van der Waals surface area (Å²) in [5, 5.41) is 10.6. The second kappa shape index (κ2) is 9.23. The topological polar surface area (TPSA) is 112 Å². The van der Waals surface area contributed by atoms with E-state index in [1.54, 1.807) is 39.4 Å². The Balaban J connectivity index is 1.60. The van der Waals surface area contributed by atoms with Gasteiger partial charge in [-0.2, -0.15) is 9.98 Å². The minimum Gasteiger partial charge on any atom is -0.341 e. The molecule has 0 radical (unpaired) electrons. The fourth-order valence-electron chi connectivity index (χ4n) is 3.88. The van der Waals surface area contributed by atoms with E-state index >= 15 is 0 Å². The number of rotatable bonds is 7. The zero-order valence-electron chi connectivity index (χ0n) is 17.4. The van der Waals surface area contributed by atoms with Crippen molar-refractivity contribution >= 4 is 43.8 Å². The summed E-state index contributed by atoms with van der Waals surface area (Å²) in [6, 6.07) is 4.51. The Hall–Kier alpha value is -2.39. The number of halogens is 1. The molecule has 9 nitrogen and oxygen atoms in total. The molecule has 1 unspecified atom stereocenters. The molecule has 1 fully saturated rings. The van der Waals surface area contributed by atoms with Gasteiger partial charge in [0, 0.05) is 37.4 Å². The van der Waals surface area contributed by atoms with Crippen LogP contribution in [0.4, 0.5) is 0 Å². The number of carbonyl (C=O) groups is 1. The van der Waals surface area contributed by atoms with Gasteiger partial charge in [0.05, 0.1) is 0 Å². The molecule has 32 heavy (non-hydrogen) atoms. The Bertz CT molecular complexity index is 1260. The van der Waals surface area contributed by atoms with Gasteiger partial charge >= 0.3 is 0 Å². The second-order valence-corrected chi connectivity index (χ2v) is 10.8. The van der Waals surface area contributed by atoms with Gasteiger partial charge in [-0.25, -0.2) is 13.4 Å². The lowest BCUT2D eigenvalue weighted by Crippen LogP contribution is -2.51. The molecule has 1 saturated heterocycles. The highest BCUT2D eigenvalue weighted by Gasteiger charge is 2.33. The molecule has 4 rings (SSSR count). The van der Waals surface area contributed by atoms with Crippen LogP contribution in [-0.2, 0) is 21.4 Å². The number of likely N-dealkylation sites (tertiary alicyclic amines) is 1. The van der Waals surface area contributed by atoms with E-state index < -0.39 is 16.1 Å². The lowest BCUT2D eigenvalue weighted by Gasteiger charge is -2.33. The van der Waals surface area contributed by atoms with Crippen molar-refractivity contribution in [2.75, 3.05) is 13.1 Å². The van der Waals surface area contributed by atoms with Crippen LogP contribution in [0.15, 0.2) is 34.9 Å². The fourth-order valence-corrected chi connectivity index (χ4v) is 6.56. The smallest absolute Gasteiger partial charge is 0.260 e. The van der Waals surface area contributed by atoms with Crippen LogP contribution < -0.4 is 4.72 Å². The van der Waals surface area contributed by atoms with E-state index in [1.165, 1.54) is 15.7 Å². The number of piperidine rings is 1. The fraction of sp³-hybridized carbons (Fsp3) is 0.450. The first-order valence-corrected chi connectivity index (χ1v) is 13.0. The molecule has 1 amide bonds. The summed E-state index contributed by atoms with van der Waals surface area (Å²) < 4.78 is 32.2. The van der Waals surface area contributed by atoms with E-state index in [2.05, 4.69) is 22.7 Å². The maximum Gasteiger partial charge on any atom is 0.260 e. The van der Waals surface area contributed by atoms with E-state index in [0.29, 0.717) is 36.2 Å². The van der Waals surface area contributed by atoms with Crippen molar-refractivity contribution < 1.29 is 13.2 Å². The lowest BCUT2D eigenvalue weighted by molar-refractivity contribution is -0.134. The van der Waals surface area contributed by atoms with Crippen molar-refractivity contribution in [2.45, 2.75) is 43.8 Å². The first-order chi connectivity index (χ1) is 15.3. The number of nitrogens with zero attached hydrogens (tertiary/aromatic N) is 5. The summed E-state index contributed by atoms with van der Waals surface area (Å²) in [4.78, 5) is 19.6. The van der Waals surface area contributed by atoms with Crippen LogP contribution in [0.3, 0.4) is 0 Å². The molecule has 1 N–H and O–H groups in total. The van der Waals surface area contributed by atoms with Gasteiger partial charge in [-0.05, 0) is 37.3 Å². The molecule has 0 aliphatic carbocycles. The summed E-state index contributed by atoms with van der Waals surface area (Å²) in [5.41, 5.74) is 0.449. The van der Waals surface area contributed by atoms with Crippen molar-refractivity contribution in [3.8, 4) is 6.07 Å². The molecular formula is C20H23ClN6O3S2. The van der Waals surface area contributed by atoms with Gasteiger partial charge in [-0.15, -0.1) is 11.3 Å². The SMILES string of the molecule is CC1CCN(C(=O)C(CCn2cccc2C#N)NS(=O)(=O)c2c(Cl)nc3sccn23)CC1. The van der Waals surface area contributed by atoms with Gasteiger partial charge in [-0.3, -0.25) is 9.20 Å². The van der Waals surface area contributed by atoms with Gasteiger partial charge in [0.1, 0.15) is 17.8 Å². The number of hydrogen-bond acceptors (Lipinski definition) is 6. The minimum atomic E-state index is -4.14. The maximum atomic E-state index is 13.3. The number of hydrogen-bond donors (Lipinski definition) is 1. The Morgan fingerprint density at radius 3 is 2.88 bits per heavy atom. The van der Waals surface area contributed by atoms with E-state index in [1.807, 2.05) is 0 Å². The van der Waals surface area contributed by atoms with Crippen LogP contribution in [0.5, 0.6) is 0 Å². The molecule has 0 saturated carbocycles. The molecule has 4 heterocycles. The van der Waals surface area contributed by atoms with E-state index in [9.17, 15) is 18.5 Å². The second-order valence-electron chi connectivity index (χ2n) is 7.93. The molecule has 1 atom stereocenters. The van der Waals surface area contributed by atoms with Crippen molar-refractivity contribution in [3.63, 3.8) is 0 Å². The average Bonchev–Trinajstić information content (AvgIpc) is 3.46. The Labute approximate surface area is 195 Å². The largest absolute Gasteiger partial charge is 0.341 e. The lowest BCUT2D eigenvalue weighted by atomic mass is 9.98. The zero-order valence-corrected chi connectivity index (χ0v) is 19.8. The number of sulfonamides is 1. The van der Waals surface area contributed by atoms with Crippen LogP contribution in [0.2, 0.25) is 5.15 Å². The highest BCUT2D eigenvalue weighted by molar-refractivity contribution is 7.89. The van der Waals surface area contributed by atoms with Crippen molar-refractivity contribution in [2.24, 2.45) is 5.92 Å². The average molecular weight is 495 g/mol. The molecule has 3 aromatic rings. The number of amides is 1. The van der Waals surface area contributed by atoms with Gasteiger partial charge in [0.2, 0.25) is 5.91 Å². The standard InChI is InChI=1S/C20H23ClN6O3S2/c1-14-4-8-26(9-5-14)18(28)16(6-10-25-7-2-3-15(25)13-22)24-32(29,30)19-17(21)23-20-27(19)11-12-31-20/h2-3,7,11-12,14,16,24H,4-6,8-10H2,1H3. The number of imidazole rings is 1. The van der Waals surface area contributed by atoms with Crippen LogP contribution in [0.25, 0.3) is 4.96 Å². The minimum absolute atomic E-state index is 0.139. The Kier molecular flexibility index (Phi) is 6.57. The molecule has 3 aromatic heterocycles. The number of aromatic nitrogens is 3. The number of fused-ring (bicyclic) bond motifs is 1. The maximum absolute atomic E-state index is 13.3. The van der Waals surface area contributed by atoms with Gasteiger partial charge in [-0.1, -0.05) is 18.5 Å². The van der Waals surface area contributed by atoms with Crippen LogP contribution in [0.1, 0.15) is 31.9 Å². The monoisotopic (exact) mass is 494 g/mol. The summed E-state index contributed by atoms with van der Waals surface area (Å²) in [7, 11) is -4.14.